The molecule has 3 nitrogen and oxygen atoms in total. The Morgan fingerprint density at radius 1 is 1.29 bits per heavy atom. The van der Waals surface area contributed by atoms with E-state index in [2.05, 4.69) is 0 Å². The highest BCUT2D eigenvalue weighted by molar-refractivity contribution is 7.92. The zero-order valence-corrected chi connectivity index (χ0v) is 9.81. The summed E-state index contributed by atoms with van der Waals surface area (Å²) in [5.74, 6) is 0.237. The molecular weight excluding hydrogens is 198 g/mol. The predicted octanol–water partition coefficient (Wildman–Crippen LogP) is 2.28. The van der Waals surface area contributed by atoms with Gasteiger partial charge in [-0.25, -0.2) is 8.42 Å². The fraction of sp³-hybridized carbons (Fsp3) is 0.900. The van der Waals surface area contributed by atoms with Crippen LogP contribution in [0.2, 0.25) is 0 Å². The number of rotatable bonds is 7. The summed E-state index contributed by atoms with van der Waals surface area (Å²) in [5.41, 5.74) is 0. The van der Waals surface area contributed by atoms with Gasteiger partial charge in [0.05, 0.1) is 23.5 Å². The molecule has 0 bridgehead atoms. The van der Waals surface area contributed by atoms with E-state index in [4.69, 9.17) is 5.26 Å². The molecule has 0 saturated heterocycles. The van der Waals surface area contributed by atoms with Crippen molar-refractivity contribution in [1.82, 2.24) is 0 Å². The van der Waals surface area contributed by atoms with E-state index in [-0.39, 0.29) is 12.2 Å². The molecule has 0 spiro atoms. The van der Waals surface area contributed by atoms with Crippen molar-refractivity contribution in [2.24, 2.45) is 0 Å². The second-order valence-corrected chi connectivity index (χ2v) is 5.87. The van der Waals surface area contributed by atoms with Gasteiger partial charge >= 0.3 is 0 Å². The molecule has 0 rings (SSSR count). The molecular formula is C10H19NO2S. The fourth-order valence-electron chi connectivity index (χ4n) is 1.35. The van der Waals surface area contributed by atoms with E-state index in [1.165, 1.54) is 0 Å². The highest BCUT2D eigenvalue weighted by atomic mass is 32.2. The van der Waals surface area contributed by atoms with Crippen LogP contribution in [0.1, 0.15) is 46.0 Å². The van der Waals surface area contributed by atoms with Crippen molar-refractivity contribution in [3.8, 4) is 6.07 Å². The van der Waals surface area contributed by atoms with Crippen LogP contribution < -0.4 is 0 Å². The zero-order valence-electron chi connectivity index (χ0n) is 8.99. The quantitative estimate of drug-likeness (QED) is 0.615. The summed E-state index contributed by atoms with van der Waals surface area (Å²) in [6.07, 6.45) is 3.36. The van der Waals surface area contributed by atoms with Gasteiger partial charge < -0.3 is 0 Å². The van der Waals surface area contributed by atoms with Gasteiger partial charge in [-0.15, -0.1) is 0 Å². The molecule has 0 N–H and O–H groups in total. The Morgan fingerprint density at radius 2 is 1.93 bits per heavy atom. The summed E-state index contributed by atoms with van der Waals surface area (Å²) in [5, 5.41) is 8.03. The lowest BCUT2D eigenvalue weighted by Crippen LogP contribution is -2.23. The number of hydrogen-bond acceptors (Lipinski definition) is 3. The van der Waals surface area contributed by atoms with Crippen LogP contribution in [0.4, 0.5) is 0 Å². The van der Waals surface area contributed by atoms with Gasteiger partial charge in [-0.3, -0.25) is 0 Å². The van der Waals surface area contributed by atoms with Crippen molar-refractivity contribution >= 4 is 9.84 Å². The Balaban J connectivity index is 4.21. The molecule has 4 heteroatoms. The summed E-state index contributed by atoms with van der Waals surface area (Å²) in [7, 11) is -3.03. The van der Waals surface area contributed by atoms with Gasteiger partial charge in [0.25, 0.3) is 0 Å². The second-order valence-electron chi connectivity index (χ2n) is 3.47. The molecule has 0 aromatic heterocycles. The maximum Gasteiger partial charge on any atom is 0.154 e. The van der Waals surface area contributed by atoms with Gasteiger partial charge in [-0.05, 0) is 12.8 Å². The summed E-state index contributed by atoms with van der Waals surface area (Å²) in [6.45, 7) is 3.86. The van der Waals surface area contributed by atoms with Crippen molar-refractivity contribution in [2.75, 3.05) is 5.75 Å². The highest BCUT2D eigenvalue weighted by Gasteiger charge is 2.22. The average Bonchev–Trinajstić information content (AvgIpc) is 2.14. The first-order valence-corrected chi connectivity index (χ1v) is 6.88. The number of nitrogens with zero attached hydrogens (tertiary/aromatic N) is 1. The normalized spacial score (nSPS) is 13.5. The summed E-state index contributed by atoms with van der Waals surface area (Å²) < 4.78 is 23.4. The standard InChI is InChI=1S/C10H19NO2S/c1-3-5-6-9-14(12,13)10(4-2)7-8-11/h10H,3-7,9H2,1-2H3. The Labute approximate surface area is 87.0 Å². The maximum absolute atomic E-state index is 11.7. The number of nitriles is 1. The number of unbranched alkanes of at least 4 members (excludes halogenated alkanes) is 2. The topological polar surface area (TPSA) is 57.9 Å². The van der Waals surface area contributed by atoms with Crippen molar-refractivity contribution in [1.29, 1.82) is 5.26 Å². The molecule has 0 heterocycles. The molecule has 0 aromatic carbocycles. The van der Waals surface area contributed by atoms with Gasteiger partial charge in [0.15, 0.2) is 9.84 Å². The minimum atomic E-state index is -3.03. The van der Waals surface area contributed by atoms with E-state index in [1.807, 2.05) is 19.9 Å². The lowest BCUT2D eigenvalue weighted by atomic mass is 10.3. The molecule has 14 heavy (non-hydrogen) atoms. The van der Waals surface area contributed by atoms with Crippen molar-refractivity contribution in [2.45, 2.75) is 51.2 Å². The van der Waals surface area contributed by atoms with Crippen LogP contribution >= 0.6 is 0 Å². The highest BCUT2D eigenvalue weighted by Crippen LogP contribution is 2.13. The third-order valence-electron chi connectivity index (χ3n) is 2.31. The van der Waals surface area contributed by atoms with E-state index < -0.39 is 15.1 Å². The molecule has 0 radical (unpaired) electrons. The van der Waals surface area contributed by atoms with Gasteiger partial charge in [0.1, 0.15) is 0 Å². The first-order chi connectivity index (χ1) is 6.58. The second kappa shape index (κ2) is 6.83. The molecule has 0 amide bonds. The minimum Gasteiger partial charge on any atom is -0.229 e. The average molecular weight is 217 g/mol. The Kier molecular flexibility index (Phi) is 6.56. The molecule has 0 aliphatic heterocycles. The Morgan fingerprint density at radius 3 is 2.36 bits per heavy atom. The van der Waals surface area contributed by atoms with E-state index >= 15 is 0 Å². The molecule has 0 saturated carbocycles. The van der Waals surface area contributed by atoms with Crippen LogP contribution in [0.15, 0.2) is 0 Å². The third kappa shape index (κ3) is 4.61. The summed E-state index contributed by atoms with van der Waals surface area (Å²) in [6, 6.07) is 1.94. The molecule has 0 aliphatic rings. The van der Waals surface area contributed by atoms with E-state index in [0.29, 0.717) is 6.42 Å². The van der Waals surface area contributed by atoms with E-state index in [1.54, 1.807) is 0 Å². The monoisotopic (exact) mass is 217 g/mol. The molecule has 1 unspecified atom stereocenters. The lowest BCUT2D eigenvalue weighted by Gasteiger charge is -2.11. The van der Waals surface area contributed by atoms with Crippen LogP contribution in [0.25, 0.3) is 0 Å². The molecule has 1 atom stereocenters. The maximum atomic E-state index is 11.7. The smallest absolute Gasteiger partial charge is 0.154 e. The Hall–Kier alpha value is -0.560. The first kappa shape index (κ1) is 13.4. The minimum absolute atomic E-state index is 0.130. The largest absolute Gasteiger partial charge is 0.229 e. The zero-order chi connectivity index (χ0) is 11.0. The van der Waals surface area contributed by atoms with Gasteiger partial charge in [0.2, 0.25) is 0 Å². The first-order valence-electron chi connectivity index (χ1n) is 5.17. The van der Waals surface area contributed by atoms with Gasteiger partial charge in [0, 0.05) is 0 Å². The molecule has 82 valence electrons. The van der Waals surface area contributed by atoms with Crippen LogP contribution in [0.3, 0.4) is 0 Å². The fourth-order valence-corrected chi connectivity index (χ4v) is 3.12. The van der Waals surface area contributed by atoms with Crippen molar-refractivity contribution < 1.29 is 8.42 Å². The summed E-state index contributed by atoms with van der Waals surface area (Å²) >= 11 is 0. The number of sulfone groups is 1. The molecule has 0 aromatic rings. The molecule has 0 aliphatic carbocycles. The lowest BCUT2D eigenvalue weighted by molar-refractivity contribution is 0.571. The summed E-state index contributed by atoms with van der Waals surface area (Å²) in [4.78, 5) is 0. The van der Waals surface area contributed by atoms with Crippen molar-refractivity contribution in [3.05, 3.63) is 0 Å². The predicted molar refractivity (Wildman–Crippen MR) is 57.6 cm³/mol. The van der Waals surface area contributed by atoms with Crippen LogP contribution in [0.5, 0.6) is 0 Å². The van der Waals surface area contributed by atoms with Crippen LogP contribution in [-0.2, 0) is 9.84 Å². The SMILES string of the molecule is CCCCCS(=O)(=O)C(CC)CC#N. The molecule has 0 fully saturated rings. The van der Waals surface area contributed by atoms with Crippen molar-refractivity contribution in [3.63, 3.8) is 0 Å². The van der Waals surface area contributed by atoms with Crippen LogP contribution in [0, 0.1) is 11.3 Å². The Bertz CT molecular complexity index is 277. The van der Waals surface area contributed by atoms with Crippen LogP contribution in [-0.4, -0.2) is 19.4 Å². The van der Waals surface area contributed by atoms with E-state index in [9.17, 15) is 8.42 Å². The van der Waals surface area contributed by atoms with Gasteiger partial charge in [-0.1, -0.05) is 26.7 Å². The van der Waals surface area contributed by atoms with E-state index in [0.717, 1.165) is 19.3 Å². The van der Waals surface area contributed by atoms with Gasteiger partial charge in [-0.2, -0.15) is 5.26 Å². The number of hydrogen-bond donors (Lipinski definition) is 0. The third-order valence-corrected chi connectivity index (χ3v) is 4.69.